The number of rotatable bonds is 13. The molecule has 12 nitrogen and oxygen atoms in total. The van der Waals surface area contributed by atoms with Crippen LogP contribution in [0.3, 0.4) is 0 Å². The maximum Gasteiger partial charge on any atom is 0.336 e. The molecule has 2 heterocycles. The first kappa shape index (κ1) is 41.2. The van der Waals surface area contributed by atoms with E-state index in [1.807, 2.05) is 74.4 Å². The molecule has 60 heavy (non-hydrogen) atoms. The molecule has 0 radical (unpaired) electrons. The molecule has 0 fully saturated rings. The van der Waals surface area contributed by atoms with Gasteiger partial charge in [-0.2, -0.15) is 0 Å². The molecule has 0 saturated carbocycles. The van der Waals surface area contributed by atoms with Crippen molar-refractivity contribution in [2.24, 2.45) is 4.99 Å². The van der Waals surface area contributed by atoms with Gasteiger partial charge in [0.2, 0.25) is 5.91 Å². The molecule has 4 aromatic carbocycles. The first-order valence-corrected chi connectivity index (χ1v) is 19.8. The molecule has 13 heteroatoms. The molecule has 2 amide bonds. The summed E-state index contributed by atoms with van der Waals surface area (Å²) < 4.78 is 13.4. The maximum absolute atomic E-state index is 13.7. The van der Waals surface area contributed by atoms with Crippen LogP contribution in [0.15, 0.2) is 106 Å². The molecular weight excluding hydrogens is 782 g/mol. The highest BCUT2D eigenvalue weighted by Crippen LogP contribution is 2.42. The third kappa shape index (κ3) is 8.32. The van der Waals surface area contributed by atoms with Crippen LogP contribution in [-0.2, 0) is 11.2 Å². The zero-order valence-electron chi connectivity index (χ0n) is 33.9. The number of aromatic carboxylic acids is 1. The van der Waals surface area contributed by atoms with Crippen molar-refractivity contribution in [1.82, 2.24) is 15.2 Å². The van der Waals surface area contributed by atoms with Gasteiger partial charge in [-0.05, 0) is 116 Å². The Morgan fingerprint density at radius 2 is 1.57 bits per heavy atom. The number of aromatic nitrogens is 1. The van der Waals surface area contributed by atoms with E-state index < -0.39 is 5.97 Å². The van der Waals surface area contributed by atoms with Crippen LogP contribution in [-0.4, -0.2) is 74.7 Å². The van der Waals surface area contributed by atoms with Crippen molar-refractivity contribution < 1.29 is 33.4 Å². The SMILES string of the molecule is C/N=c1\ccc2c(-c3cc(C(=O)NCCCCNC(=O)Cc4c(C)n(C(=O)c5ccc(Cl)cc5)c5ccc(OC)cc45)ccc3C(=O)O)c3ccc(N(C)C)cc3oc-2c1. The molecular formula is C47H44ClN5O7. The Kier molecular flexibility index (Phi) is 12.0. The minimum absolute atomic E-state index is 0.0454. The average molecular weight is 826 g/mol. The number of benzene rings is 5. The Labute approximate surface area is 351 Å². The molecule has 3 N–H and O–H groups in total. The normalized spacial score (nSPS) is 11.6. The number of carboxylic acids is 1. The molecule has 7 rings (SSSR count). The number of unbranched alkanes of at least 4 members (excludes halogenated alkanes) is 1. The number of carboxylic acid groups (broad SMARTS) is 1. The average Bonchev–Trinajstić information content (AvgIpc) is 3.52. The second-order valence-electron chi connectivity index (χ2n) is 14.6. The van der Waals surface area contributed by atoms with Crippen molar-refractivity contribution in [2.45, 2.75) is 26.2 Å². The Balaban J connectivity index is 1.03. The summed E-state index contributed by atoms with van der Waals surface area (Å²) in [6.45, 7) is 2.53. The summed E-state index contributed by atoms with van der Waals surface area (Å²) in [5.41, 5.74) is 6.01. The van der Waals surface area contributed by atoms with E-state index in [0.717, 1.165) is 16.6 Å². The van der Waals surface area contributed by atoms with Gasteiger partial charge in [-0.1, -0.05) is 11.6 Å². The number of methoxy groups -OCH3 is 1. The first-order valence-electron chi connectivity index (χ1n) is 19.4. The van der Waals surface area contributed by atoms with Gasteiger partial charge in [-0.25, -0.2) is 4.79 Å². The smallest absolute Gasteiger partial charge is 0.336 e. The highest BCUT2D eigenvalue weighted by molar-refractivity contribution is 6.30. The van der Waals surface area contributed by atoms with Crippen LogP contribution < -0.4 is 25.6 Å². The van der Waals surface area contributed by atoms with E-state index in [2.05, 4.69) is 15.6 Å². The number of carbonyl (C=O) groups is 4. The van der Waals surface area contributed by atoms with E-state index in [-0.39, 0.29) is 29.7 Å². The third-order valence-corrected chi connectivity index (χ3v) is 10.9. The molecule has 0 atom stereocenters. The van der Waals surface area contributed by atoms with E-state index in [4.69, 9.17) is 20.8 Å². The molecule has 5 aromatic rings. The second kappa shape index (κ2) is 17.5. The molecule has 1 aliphatic carbocycles. The molecule has 0 unspecified atom stereocenters. The number of ether oxygens (including phenoxy) is 1. The fourth-order valence-electron chi connectivity index (χ4n) is 7.45. The van der Waals surface area contributed by atoms with Gasteiger partial charge in [-0.15, -0.1) is 0 Å². The fraction of sp³-hybridized carbons (Fsp3) is 0.213. The standard InChI is InChI=1S/C47H44ClN5O7/c1-27-37(38-25-33(59-5)15-19-40(38)53(27)46(56)28-8-11-30(48)12-9-28)26-43(54)50-20-6-7-21-51-45(55)29-10-16-34(47(57)58)39(22-29)44-35-17-13-31(49-2)23-41(35)60-42-24-32(52(3)4)14-18-36(42)44/h8-19,22-25H,6-7,20-21,26H2,1-5H3,(H,50,54)(H,51,55)(H,57,58)/b49-31+. The number of nitrogens with one attached hydrogen (secondary N) is 2. The molecule has 2 aliphatic rings. The van der Waals surface area contributed by atoms with Crippen molar-refractivity contribution in [3.63, 3.8) is 0 Å². The van der Waals surface area contributed by atoms with Gasteiger partial charge in [0, 0.05) is 95.8 Å². The minimum Gasteiger partial charge on any atom is -0.497 e. The second-order valence-corrected chi connectivity index (χ2v) is 15.0. The zero-order valence-corrected chi connectivity index (χ0v) is 34.6. The van der Waals surface area contributed by atoms with E-state index >= 15 is 0 Å². The van der Waals surface area contributed by atoms with Gasteiger partial charge in [0.1, 0.15) is 17.1 Å². The quantitative estimate of drug-likeness (QED) is 0.0781. The summed E-state index contributed by atoms with van der Waals surface area (Å²) >= 11 is 6.06. The lowest BCUT2D eigenvalue weighted by atomic mass is 9.89. The van der Waals surface area contributed by atoms with Gasteiger partial charge in [0.15, 0.2) is 0 Å². The predicted molar refractivity (Wildman–Crippen MR) is 234 cm³/mol. The monoisotopic (exact) mass is 825 g/mol. The van der Waals surface area contributed by atoms with Crippen LogP contribution in [0.25, 0.3) is 44.3 Å². The van der Waals surface area contributed by atoms with Crippen molar-refractivity contribution in [3.05, 3.63) is 135 Å². The van der Waals surface area contributed by atoms with Crippen LogP contribution >= 0.6 is 11.6 Å². The molecule has 306 valence electrons. The molecule has 0 bridgehead atoms. The van der Waals surface area contributed by atoms with Crippen LogP contribution in [0.2, 0.25) is 5.02 Å². The van der Waals surface area contributed by atoms with Gasteiger partial charge in [0.25, 0.3) is 11.8 Å². The Hall–Kier alpha value is -6.92. The highest BCUT2D eigenvalue weighted by Gasteiger charge is 2.25. The van der Waals surface area contributed by atoms with Gasteiger partial charge >= 0.3 is 5.97 Å². The number of halogens is 1. The molecule has 0 saturated heterocycles. The molecule has 0 spiro atoms. The summed E-state index contributed by atoms with van der Waals surface area (Å²) in [7, 11) is 7.10. The van der Waals surface area contributed by atoms with E-state index in [1.54, 1.807) is 55.1 Å². The fourth-order valence-corrected chi connectivity index (χ4v) is 7.58. The lowest BCUT2D eigenvalue weighted by Crippen LogP contribution is -2.28. The number of fused-ring (bicyclic) bond motifs is 3. The molecule has 1 aliphatic heterocycles. The number of nitrogens with zero attached hydrogens (tertiary/aromatic N) is 3. The Bertz CT molecular complexity index is 2840. The number of hydrogen-bond acceptors (Lipinski definition) is 8. The number of carbonyl (C=O) groups excluding carboxylic acids is 3. The summed E-state index contributed by atoms with van der Waals surface area (Å²) in [6.07, 6.45) is 1.21. The van der Waals surface area contributed by atoms with Crippen LogP contribution in [0.5, 0.6) is 5.75 Å². The number of amides is 2. The zero-order chi connectivity index (χ0) is 42.7. The number of anilines is 1. The van der Waals surface area contributed by atoms with Crippen LogP contribution in [0, 0.1) is 6.92 Å². The largest absolute Gasteiger partial charge is 0.497 e. The van der Waals surface area contributed by atoms with Gasteiger partial charge in [-0.3, -0.25) is 23.9 Å². The van der Waals surface area contributed by atoms with Crippen LogP contribution in [0.4, 0.5) is 5.69 Å². The summed E-state index contributed by atoms with van der Waals surface area (Å²) in [4.78, 5) is 59.3. The van der Waals surface area contributed by atoms with Gasteiger partial charge < -0.3 is 29.8 Å². The maximum atomic E-state index is 13.7. The summed E-state index contributed by atoms with van der Waals surface area (Å²) in [5, 5.41) is 18.9. The summed E-state index contributed by atoms with van der Waals surface area (Å²) in [6, 6.07) is 27.9. The van der Waals surface area contributed by atoms with Crippen molar-refractivity contribution in [1.29, 1.82) is 0 Å². The van der Waals surface area contributed by atoms with Crippen molar-refractivity contribution in [2.75, 3.05) is 46.2 Å². The van der Waals surface area contributed by atoms with E-state index in [1.165, 1.54) is 12.1 Å². The first-order chi connectivity index (χ1) is 28.9. The van der Waals surface area contributed by atoms with Gasteiger partial charge in [0.05, 0.1) is 30.0 Å². The van der Waals surface area contributed by atoms with Crippen molar-refractivity contribution >= 4 is 62.9 Å². The Morgan fingerprint density at radius 1 is 0.833 bits per heavy atom. The summed E-state index contributed by atoms with van der Waals surface area (Å²) in [5.74, 6) is -0.791. The number of hydrogen-bond donors (Lipinski definition) is 3. The molecule has 1 aromatic heterocycles. The minimum atomic E-state index is -1.13. The predicted octanol–water partition coefficient (Wildman–Crippen LogP) is 7.98. The third-order valence-electron chi connectivity index (χ3n) is 10.6. The highest BCUT2D eigenvalue weighted by atomic mass is 35.5. The van der Waals surface area contributed by atoms with Crippen molar-refractivity contribution in [3.8, 4) is 28.2 Å². The topological polar surface area (TPSA) is 155 Å². The van der Waals surface area contributed by atoms with Crippen LogP contribution in [0.1, 0.15) is 55.2 Å². The van der Waals surface area contributed by atoms with E-state index in [0.29, 0.717) is 97.8 Å². The Morgan fingerprint density at radius 3 is 2.27 bits per heavy atom. The van der Waals surface area contributed by atoms with E-state index in [9.17, 15) is 24.3 Å². The lowest BCUT2D eigenvalue weighted by Gasteiger charge is -2.19. The lowest BCUT2D eigenvalue weighted by molar-refractivity contribution is -0.120.